The Kier molecular flexibility index (Phi) is 2.86. The SMILES string of the molecule is Cn1ncc2c(N3CCC[C@H]3C3CCCC3)ncnc21. The normalized spacial score (nSPS) is 24.1. The van der Waals surface area contributed by atoms with Crippen LogP contribution in [0.1, 0.15) is 38.5 Å². The first-order valence-corrected chi connectivity index (χ1v) is 7.74. The average molecular weight is 271 g/mol. The Morgan fingerprint density at radius 3 is 2.80 bits per heavy atom. The van der Waals surface area contributed by atoms with Crippen LogP contribution in [0.2, 0.25) is 0 Å². The molecule has 2 aromatic rings. The molecule has 2 fully saturated rings. The average Bonchev–Trinajstić information content (AvgIpc) is 3.18. The van der Waals surface area contributed by atoms with Crippen molar-refractivity contribution in [1.29, 1.82) is 0 Å². The van der Waals surface area contributed by atoms with Gasteiger partial charge in [0.1, 0.15) is 12.1 Å². The number of aromatic nitrogens is 4. The topological polar surface area (TPSA) is 46.8 Å². The van der Waals surface area contributed by atoms with Gasteiger partial charge in [-0.05, 0) is 31.6 Å². The van der Waals surface area contributed by atoms with E-state index in [4.69, 9.17) is 0 Å². The lowest BCUT2D eigenvalue weighted by molar-refractivity contribution is 0.429. The molecule has 5 heteroatoms. The fraction of sp³-hybridized carbons (Fsp3) is 0.667. The van der Waals surface area contributed by atoms with Gasteiger partial charge in [-0.15, -0.1) is 0 Å². The third-order valence-electron chi connectivity index (χ3n) is 5.02. The zero-order chi connectivity index (χ0) is 13.5. The molecule has 4 rings (SSSR count). The molecule has 106 valence electrons. The van der Waals surface area contributed by atoms with Crippen molar-refractivity contribution in [2.45, 2.75) is 44.6 Å². The number of anilines is 1. The first-order valence-electron chi connectivity index (χ1n) is 7.74. The van der Waals surface area contributed by atoms with Crippen molar-refractivity contribution in [3.63, 3.8) is 0 Å². The van der Waals surface area contributed by atoms with Gasteiger partial charge in [0.05, 0.1) is 11.6 Å². The van der Waals surface area contributed by atoms with E-state index in [1.54, 1.807) is 6.33 Å². The molecule has 2 aliphatic rings. The molecule has 0 spiro atoms. The maximum Gasteiger partial charge on any atom is 0.163 e. The fourth-order valence-corrected chi connectivity index (χ4v) is 4.07. The highest BCUT2D eigenvalue weighted by molar-refractivity contribution is 5.86. The molecule has 0 radical (unpaired) electrons. The van der Waals surface area contributed by atoms with Gasteiger partial charge in [-0.2, -0.15) is 5.10 Å². The van der Waals surface area contributed by atoms with Crippen LogP contribution in [0.25, 0.3) is 11.0 Å². The van der Waals surface area contributed by atoms with Gasteiger partial charge in [0, 0.05) is 19.6 Å². The van der Waals surface area contributed by atoms with Crippen LogP contribution >= 0.6 is 0 Å². The van der Waals surface area contributed by atoms with E-state index in [2.05, 4.69) is 20.0 Å². The van der Waals surface area contributed by atoms with Crippen LogP contribution in [0.4, 0.5) is 5.82 Å². The maximum atomic E-state index is 4.59. The molecule has 1 aliphatic heterocycles. The second-order valence-electron chi connectivity index (χ2n) is 6.15. The van der Waals surface area contributed by atoms with Crippen LogP contribution in [0.3, 0.4) is 0 Å². The van der Waals surface area contributed by atoms with Crippen molar-refractivity contribution in [3.05, 3.63) is 12.5 Å². The zero-order valence-corrected chi connectivity index (χ0v) is 12.0. The molecule has 5 nitrogen and oxygen atoms in total. The lowest BCUT2D eigenvalue weighted by Crippen LogP contribution is -2.35. The predicted molar refractivity (Wildman–Crippen MR) is 78.6 cm³/mol. The summed E-state index contributed by atoms with van der Waals surface area (Å²) in [6.45, 7) is 1.13. The van der Waals surface area contributed by atoms with Crippen molar-refractivity contribution >= 4 is 16.9 Å². The van der Waals surface area contributed by atoms with Gasteiger partial charge in [0.25, 0.3) is 0 Å². The molecular weight excluding hydrogens is 250 g/mol. The summed E-state index contributed by atoms with van der Waals surface area (Å²) in [5.41, 5.74) is 0.937. The Hall–Kier alpha value is -1.65. The van der Waals surface area contributed by atoms with Crippen LogP contribution in [-0.4, -0.2) is 32.3 Å². The Balaban J connectivity index is 1.74. The van der Waals surface area contributed by atoms with Crippen LogP contribution in [0.15, 0.2) is 12.5 Å². The Morgan fingerprint density at radius 1 is 1.10 bits per heavy atom. The third-order valence-corrected chi connectivity index (χ3v) is 5.02. The molecule has 0 unspecified atom stereocenters. The minimum absolute atomic E-state index is 0.677. The van der Waals surface area contributed by atoms with Crippen LogP contribution in [0.5, 0.6) is 0 Å². The van der Waals surface area contributed by atoms with Crippen molar-refractivity contribution < 1.29 is 0 Å². The number of nitrogens with zero attached hydrogens (tertiary/aromatic N) is 5. The van der Waals surface area contributed by atoms with Crippen molar-refractivity contribution in [1.82, 2.24) is 19.7 Å². The van der Waals surface area contributed by atoms with Crippen molar-refractivity contribution in [3.8, 4) is 0 Å². The number of rotatable bonds is 2. The molecule has 1 saturated carbocycles. The molecule has 3 heterocycles. The summed E-state index contributed by atoms with van der Waals surface area (Å²) in [5, 5.41) is 5.43. The number of aryl methyl sites for hydroxylation is 1. The van der Waals surface area contributed by atoms with Gasteiger partial charge in [-0.1, -0.05) is 12.8 Å². The monoisotopic (exact) mass is 271 g/mol. The molecule has 20 heavy (non-hydrogen) atoms. The number of fused-ring (bicyclic) bond motifs is 1. The van der Waals surface area contributed by atoms with E-state index in [9.17, 15) is 0 Å². The lowest BCUT2D eigenvalue weighted by atomic mass is 9.96. The van der Waals surface area contributed by atoms with Crippen LogP contribution < -0.4 is 4.90 Å². The maximum absolute atomic E-state index is 4.59. The summed E-state index contributed by atoms with van der Waals surface area (Å²) in [6.07, 6.45) is 11.8. The Morgan fingerprint density at radius 2 is 1.95 bits per heavy atom. The highest BCUT2D eigenvalue weighted by atomic mass is 15.3. The zero-order valence-electron chi connectivity index (χ0n) is 12.0. The molecule has 0 amide bonds. The summed E-state index contributed by atoms with van der Waals surface area (Å²) in [7, 11) is 1.94. The quantitative estimate of drug-likeness (QED) is 0.842. The largest absolute Gasteiger partial charge is 0.353 e. The Bertz CT molecular complexity index is 614. The summed E-state index contributed by atoms with van der Waals surface area (Å²) in [5.74, 6) is 1.96. The van der Waals surface area contributed by atoms with Gasteiger partial charge >= 0.3 is 0 Å². The van der Waals surface area contributed by atoms with Gasteiger partial charge in [0.15, 0.2) is 5.65 Å². The molecule has 1 saturated heterocycles. The second kappa shape index (κ2) is 4.72. The van der Waals surface area contributed by atoms with Crippen molar-refractivity contribution in [2.24, 2.45) is 13.0 Å². The number of hydrogen-bond donors (Lipinski definition) is 0. The standard InChI is InChI=1S/C15H21N5/c1-19-14-12(9-18-19)15(17-10-16-14)20-8-4-7-13(20)11-5-2-3-6-11/h9-11,13H,2-8H2,1H3/t13-/m0/s1. The Labute approximate surface area is 119 Å². The van der Waals surface area contributed by atoms with Gasteiger partial charge < -0.3 is 4.90 Å². The fourth-order valence-electron chi connectivity index (χ4n) is 4.07. The molecule has 1 aliphatic carbocycles. The minimum atomic E-state index is 0.677. The predicted octanol–water partition coefficient (Wildman–Crippen LogP) is 2.52. The summed E-state index contributed by atoms with van der Waals surface area (Å²) >= 11 is 0. The molecule has 2 aromatic heterocycles. The molecular formula is C15H21N5. The van der Waals surface area contributed by atoms with Gasteiger partial charge in [-0.25, -0.2) is 9.97 Å². The lowest BCUT2D eigenvalue weighted by Gasteiger charge is -2.30. The molecule has 1 atom stereocenters. The van der Waals surface area contributed by atoms with Gasteiger partial charge in [0.2, 0.25) is 0 Å². The van der Waals surface area contributed by atoms with Crippen molar-refractivity contribution in [2.75, 3.05) is 11.4 Å². The molecule has 0 bridgehead atoms. The van der Waals surface area contributed by atoms with Crippen LogP contribution in [-0.2, 0) is 7.05 Å². The third kappa shape index (κ3) is 1.79. The molecule has 0 N–H and O–H groups in total. The highest BCUT2D eigenvalue weighted by Crippen LogP contribution is 2.38. The summed E-state index contributed by atoms with van der Waals surface area (Å²) in [6, 6.07) is 0.677. The van der Waals surface area contributed by atoms with Gasteiger partial charge in [-0.3, -0.25) is 4.68 Å². The van der Waals surface area contributed by atoms with E-state index in [0.29, 0.717) is 6.04 Å². The first kappa shape index (κ1) is 12.1. The van der Waals surface area contributed by atoms with E-state index < -0.39 is 0 Å². The van der Waals surface area contributed by atoms with E-state index in [0.717, 1.165) is 29.3 Å². The van der Waals surface area contributed by atoms with E-state index in [1.165, 1.54) is 38.5 Å². The van der Waals surface area contributed by atoms with E-state index in [-0.39, 0.29) is 0 Å². The van der Waals surface area contributed by atoms with Crippen LogP contribution in [0, 0.1) is 5.92 Å². The number of hydrogen-bond acceptors (Lipinski definition) is 4. The van der Waals surface area contributed by atoms with E-state index in [1.807, 2.05) is 17.9 Å². The highest BCUT2D eigenvalue weighted by Gasteiger charge is 2.34. The minimum Gasteiger partial charge on any atom is -0.353 e. The van der Waals surface area contributed by atoms with E-state index >= 15 is 0 Å². The molecule has 0 aromatic carbocycles. The second-order valence-corrected chi connectivity index (χ2v) is 6.15. The summed E-state index contributed by atoms with van der Waals surface area (Å²) in [4.78, 5) is 11.5. The summed E-state index contributed by atoms with van der Waals surface area (Å²) < 4.78 is 1.83. The smallest absolute Gasteiger partial charge is 0.163 e. The first-order chi connectivity index (χ1) is 9.84.